The maximum atomic E-state index is 9.26. The number of nitrogens with zero attached hydrogens (tertiary/aromatic N) is 3. The molecule has 0 radical (unpaired) electrons. The zero-order chi connectivity index (χ0) is 14.2. The predicted octanol–water partition coefficient (Wildman–Crippen LogP) is 3.74. The van der Waals surface area contributed by atoms with Crippen molar-refractivity contribution in [1.29, 1.82) is 10.5 Å². The average Bonchev–Trinajstić information content (AvgIpc) is 2.86. The van der Waals surface area contributed by atoms with E-state index in [2.05, 4.69) is 33.1 Å². The summed E-state index contributed by atoms with van der Waals surface area (Å²) in [5.74, 6) is 0. The van der Waals surface area contributed by atoms with Crippen LogP contribution in [0.3, 0.4) is 0 Å². The number of fused-ring (bicyclic) bond motifs is 1. The highest BCUT2D eigenvalue weighted by atomic mass is 79.9. The first-order valence-electron chi connectivity index (χ1n) is 6.26. The van der Waals surface area contributed by atoms with E-state index in [1.165, 1.54) is 0 Å². The van der Waals surface area contributed by atoms with Gasteiger partial charge in [-0.3, -0.25) is 4.98 Å². The monoisotopic (exact) mass is 323 g/mol. The van der Waals surface area contributed by atoms with Crippen molar-refractivity contribution >= 4 is 15.9 Å². The van der Waals surface area contributed by atoms with Crippen LogP contribution in [0.1, 0.15) is 17.7 Å². The lowest BCUT2D eigenvalue weighted by Gasteiger charge is -2.11. The zero-order valence-corrected chi connectivity index (χ0v) is 12.2. The largest absolute Gasteiger partial charge is 0.258 e. The van der Waals surface area contributed by atoms with Crippen LogP contribution in [0.5, 0.6) is 0 Å². The summed E-state index contributed by atoms with van der Waals surface area (Å²) in [6.45, 7) is 0. The molecule has 2 aromatic rings. The van der Waals surface area contributed by atoms with E-state index in [9.17, 15) is 10.5 Å². The SMILES string of the molecule is N#CC1(C#N)CCc2cc(-c3ccc(Br)cc3)cnc21. The lowest BCUT2D eigenvalue weighted by molar-refractivity contribution is 0.672. The third-order valence-corrected chi connectivity index (χ3v) is 4.23. The highest BCUT2D eigenvalue weighted by Gasteiger charge is 2.41. The highest BCUT2D eigenvalue weighted by Crippen LogP contribution is 2.38. The van der Waals surface area contributed by atoms with E-state index in [0.717, 1.165) is 27.6 Å². The summed E-state index contributed by atoms with van der Waals surface area (Å²) in [4.78, 5) is 4.40. The Kier molecular flexibility index (Phi) is 3.04. The molecule has 0 bridgehead atoms. The molecule has 3 rings (SSSR count). The Morgan fingerprint density at radius 3 is 2.45 bits per heavy atom. The second-order valence-electron chi connectivity index (χ2n) is 4.87. The highest BCUT2D eigenvalue weighted by molar-refractivity contribution is 9.10. The number of aryl methyl sites for hydroxylation is 1. The molecule has 20 heavy (non-hydrogen) atoms. The topological polar surface area (TPSA) is 60.5 Å². The molecule has 0 aliphatic heterocycles. The minimum atomic E-state index is -1.06. The molecule has 3 nitrogen and oxygen atoms in total. The van der Waals surface area contributed by atoms with Gasteiger partial charge in [0.05, 0.1) is 17.8 Å². The molecular weight excluding hydrogens is 314 g/mol. The number of rotatable bonds is 1. The maximum absolute atomic E-state index is 9.26. The molecule has 1 aliphatic carbocycles. The van der Waals surface area contributed by atoms with Crippen molar-refractivity contribution in [3.63, 3.8) is 0 Å². The van der Waals surface area contributed by atoms with Crippen LogP contribution < -0.4 is 0 Å². The minimum Gasteiger partial charge on any atom is -0.258 e. The molecule has 1 aromatic carbocycles. The molecule has 0 unspecified atom stereocenters. The second kappa shape index (κ2) is 4.74. The van der Waals surface area contributed by atoms with Crippen LogP contribution in [0, 0.1) is 22.7 Å². The average molecular weight is 324 g/mol. The number of halogens is 1. The quantitative estimate of drug-likeness (QED) is 0.803. The van der Waals surface area contributed by atoms with Crippen LogP contribution in [0.15, 0.2) is 41.0 Å². The molecule has 1 heterocycles. The Hall–Kier alpha value is -2.17. The molecule has 4 heteroatoms. The van der Waals surface area contributed by atoms with E-state index >= 15 is 0 Å². The van der Waals surface area contributed by atoms with Gasteiger partial charge in [0.2, 0.25) is 0 Å². The van der Waals surface area contributed by atoms with Gasteiger partial charge in [0.1, 0.15) is 0 Å². The third kappa shape index (κ3) is 1.90. The van der Waals surface area contributed by atoms with Crippen molar-refractivity contribution in [1.82, 2.24) is 4.98 Å². The fraction of sp³-hybridized carbons (Fsp3) is 0.188. The van der Waals surface area contributed by atoms with E-state index in [1.807, 2.05) is 30.3 Å². The zero-order valence-electron chi connectivity index (χ0n) is 10.6. The Morgan fingerprint density at radius 1 is 1.10 bits per heavy atom. The fourth-order valence-corrected chi connectivity index (χ4v) is 2.83. The van der Waals surface area contributed by atoms with Crippen molar-refractivity contribution in [2.75, 3.05) is 0 Å². The van der Waals surface area contributed by atoms with Gasteiger partial charge in [-0.05, 0) is 42.2 Å². The van der Waals surface area contributed by atoms with Crippen LogP contribution in [-0.2, 0) is 11.8 Å². The first-order chi connectivity index (χ1) is 9.68. The summed E-state index contributed by atoms with van der Waals surface area (Å²) in [5.41, 5.74) is 2.67. The van der Waals surface area contributed by atoms with Crippen LogP contribution in [0.2, 0.25) is 0 Å². The first-order valence-corrected chi connectivity index (χ1v) is 7.06. The first kappa shape index (κ1) is 12.8. The summed E-state index contributed by atoms with van der Waals surface area (Å²) in [5, 5.41) is 18.5. The normalized spacial score (nSPS) is 15.2. The van der Waals surface area contributed by atoms with Gasteiger partial charge in [-0.15, -0.1) is 0 Å². The number of hydrogen-bond donors (Lipinski definition) is 0. The minimum absolute atomic E-state index is 0.534. The van der Waals surface area contributed by atoms with E-state index < -0.39 is 5.41 Å². The third-order valence-electron chi connectivity index (χ3n) is 3.70. The Labute approximate surface area is 125 Å². The molecule has 0 saturated carbocycles. The van der Waals surface area contributed by atoms with Gasteiger partial charge in [0.25, 0.3) is 0 Å². The van der Waals surface area contributed by atoms with Crippen LogP contribution in [0.4, 0.5) is 0 Å². The predicted molar refractivity (Wildman–Crippen MR) is 78.6 cm³/mol. The summed E-state index contributed by atoms with van der Waals surface area (Å²) < 4.78 is 1.03. The van der Waals surface area contributed by atoms with E-state index in [4.69, 9.17) is 0 Å². The van der Waals surface area contributed by atoms with Crippen LogP contribution in [-0.4, -0.2) is 4.98 Å². The summed E-state index contributed by atoms with van der Waals surface area (Å²) in [6, 6.07) is 14.3. The summed E-state index contributed by atoms with van der Waals surface area (Å²) in [6.07, 6.45) is 3.01. The van der Waals surface area contributed by atoms with E-state index in [-0.39, 0.29) is 0 Å². The van der Waals surface area contributed by atoms with Gasteiger partial charge in [-0.1, -0.05) is 28.1 Å². The number of nitriles is 2. The maximum Gasteiger partial charge on any atom is 0.185 e. The molecule has 0 amide bonds. The Bertz CT molecular complexity index is 737. The number of pyridine rings is 1. The molecule has 0 spiro atoms. The summed E-state index contributed by atoms with van der Waals surface area (Å²) in [7, 11) is 0. The Morgan fingerprint density at radius 2 is 1.80 bits per heavy atom. The van der Waals surface area contributed by atoms with Crippen LogP contribution >= 0.6 is 15.9 Å². The van der Waals surface area contributed by atoms with Crippen molar-refractivity contribution in [3.8, 4) is 23.3 Å². The van der Waals surface area contributed by atoms with E-state index in [1.54, 1.807) is 6.20 Å². The van der Waals surface area contributed by atoms with Gasteiger partial charge >= 0.3 is 0 Å². The van der Waals surface area contributed by atoms with Crippen LogP contribution in [0.25, 0.3) is 11.1 Å². The molecule has 0 atom stereocenters. The van der Waals surface area contributed by atoms with E-state index in [0.29, 0.717) is 12.1 Å². The van der Waals surface area contributed by atoms with Gasteiger partial charge in [0.15, 0.2) is 5.41 Å². The lowest BCUT2D eigenvalue weighted by Crippen LogP contribution is -2.19. The molecule has 0 fully saturated rings. The molecule has 96 valence electrons. The second-order valence-corrected chi connectivity index (χ2v) is 5.78. The van der Waals surface area contributed by atoms with Gasteiger partial charge in [0, 0.05) is 16.2 Å². The molecule has 1 aliphatic rings. The van der Waals surface area contributed by atoms with Gasteiger partial charge in [-0.25, -0.2) is 0 Å². The summed E-state index contributed by atoms with van der Waals surface area (Å²) >= 11 is 3.41. The Balaban J connectivity index is 2.07. The molecule has 0 saturated heterocycles. The lowest BCUT2D eigenvalue weighted by atomic mass is 9.89. The smallest absolute Gasteiger partial charge is 0.185 e. The number of hydrogen-bond acceptors (Lipinski definition) is 3. The van der Waals surface area contributed by atoms with Crippen molar-refractivity contribution < 1.29 is 0 Å². The van der Waals surface area contributed by atoms with Gasteiger partial charge < -0.3 is 0 Å². The molecule has 0 N–H and O–H groups in total. The van der Waals surface area contributed by atoms with Crippen molar-refractivity contribution in [2.45, 2.75) is 18.3 Å². The standard InChI is InChI=1S/C16H10BrN3/c17-14-3-1-11(2-4-14)13-7-12-5-6-16(9-18,10-19)15(12)20-8-13/h1-4,7-8H,5-6H2. The fourth-order valence-electron chi connectivity index (χ4n) is 2.57. The van der Waals surface area contributed by atoms with Gasteiger partial charge in [-0.2, -0.15) is 10.5 Å². The van der Waals surface area contributed by atoms with Crippen molar-refractivity contribution in [2.24, 2.45) is 0 Å². The van der Waals surface area contributed by atoms with Crippen molar-refractivity contribution in [3.05, 3.63) is 52.3 Å². The molecular formula is C16H10BrN3. The molecule has 1 aromatic heterocycles. The number of aromatic nitrogens is 1. The number of benzene rings is 1.